The Kier molecular flexibility index (Phi) is 3.97. The predicted molar refractivity (Wildman–Crippen MR) is 71.1 cm³/mol. The molecule has 0 bridgehead atoms. The molecule has 1 amide bonds. The first kappa shape index (κ1) is 13.3. The molecule has 0 radical (unpaired) electrons. The summed E-state index contributed by atoms with van der Waals surface area (Å²) >= 11 is 0. The molecule has 19 heavy (non-hydrogen) atoms. The summed E-state index contributed by atoms with van der Waals surface area (Å²) in [5.41, 5.74) is -0.205. The van der Waals surface area contributed by atoms with Crippen molar-refractivity contribution in [2.75, 3.05) is 19.7 Å². The molecule has 100 valence electrons. The maximum Gasteiger partial charge on any atom is 0.349 e. The van der Waals surface area contributed by atoms with Gasteiger partial charge >= 0.3 is 5.63 Å². The summed E-state index contributed by atoms with van der Waals surface area (Å²) in [4.78, 5) is 25.4. The molecule has 0 saturated heterocycles. The van der Waals surface area contributed by atoms with Crippen LogP contribution in [0.5, 0.6) is 0 Å². The minimum absolute atomic E-state index is 0.00556. The Morgan fingerprint density at radius 3 is 2.79 bits per heavy atom. The molecule has 2 aromatic rings. The lowest BCUT2D eigenvalue weighted by molar-refractivity contribution is 0.0728. The van der Waals surface area contributed by atoms with E-state index < -0.39 is 11.5 Å². The first-order chi connectivity index (χ1) is 9.17. The van der Waals surface area contributed by atoms with E-state index >= 15 is 0 Å². The zero-order valence-electron chi connectivity index (χ0n) is 10.6. The van der Waals surface area contributed by atoms with Gasteiger partial charge in [-0.3, -0.25) is 4.79 Å². The third kappa shape index (κ3) is 2.66. The van der Waals surface area contributed by atoms with Gasteiger partial charge in [0.2, 0.25) is 0 Å². The van der Waals surface area contributed by atoms with Crippen molar-refractivity contribution in [3.63, 3.8) is 0 Å². The third-order valence-corrected chi connectivity index (χ3v) is 2.91. The predicted octanol–water partition coefficient (Wildman–Crippen LogP) is 1.25. The number of hydrogen-bond donors (Lipinski definition) is 1. The molecule has 1 aromatic carbocycles. The van der Waals surface area contributed by atoms with Crippen LogP contribution in [0.1, 0.15) is 17.3 Å². The van der Waals surface area contributed by atoms with Crippen molar-refractivity contribution >= 4 is 16.9 Å². The number of amides is 1. The first-order valence-electron chi connectivity index (χ1n) is 6.10. The molecule has 0 aliphatic heterocycles. The van der Waals surface area contributed by atoms with Crippen LogP contribution in [0.2, 0.25) is 0 Å². The van der Waals surface area contributed by atoms with Gasteiger partial charge in [-0.05, 0) is 19.1 Å². The van der Waals surface area contributed by atoms with Crippen molar-refractivity contribution in [2.24, 2.45) is 0 Å². The zero-order valence-corrected chi connectivity index (χ0v) is 10.6. The van der Waals surface area contributed by atoms with Gasteiger partial charge < -0.3 is 14.4 Å². The highest BCUT2D eigenvalue weighted by Crippen LogP contribution is 2.13. The van der Waals surface area contributed by atoms with Crippen LogP contribution in [0, 0.1) is 0 Å². The van der Waals surface area contributed by atoms with Crippen LogP contribution in [0.15, 0.2) is 39.5 Å². The molecule has 1 aromatic heterocycles. The fraction of sp³-hybridized carbons (Fsp3) is 0.286. The van der Waals surface area contributed by atoms with Crippen LogP contribution < -0.4 is 5.63 Å². The lowest BCUT2D eigenvalue weighted by Crippen LogP contribution is -2.35. The number of rotatable bonds is 4. The van der Waals surface area contributed by atoms with Crippen LogP contribution in [0.25, 0.3) is 11.0 Å². The Morgan fingerprint density at radius 1 is 1.37 bits per heavy atom. The van der Waals surface area contributed by atoms with E-state index in [2.05, 4.69) is 0 Å². The minimum atomic E-state index is -0.653. The van der Waals surface area contributed by atoms with Gasteiger partial charge in [-0.15, -0.1) is 0 Å². The summed E-state index contributed by atoms with van der Waals surface area (Å²) in [5, 5.41) is 9.61. The van der Waals surface area contributed by atoms with E-state index in [1.165, 1.54) is 11.0 Å². The molecule has 5 heteroatoms. The Balaban J connectivity index is 2.47. The molecule has 0 aliphatic rings. The van der Waals surface area contributed by atoms with Gasteiger partial charge in [-0.2, -0.15) is 0 Å². The fourth-order valence-electron chi connectivity index (χ4n) is 1.91. The topological polar surface area (TPSA) is 70.8 Å². The van der Waals surface area contributed by atoms with E-state index in [9.17, 15) is 9.59 Å². The van der Waals surface area contributed by atoms with Gasteiger partial charge in [0.05, 0.1) is 6.61 Å². The summed E-state index contributed by atoms with van der Waals surface area (Å²) in [6.45, 7) is 2.27. The molecule has 0 atom stereocenters. The SMILES string of the molecule is CCN(CCO)C(=O)c1cc2ccccc2oc1=O. The van der Waals surface area contributed by atoms with Crippen molar-refractivity contribution in [1.29, 1.82) is 0 Å². The molecular weight excluding hydrogens is 246 g/mol. The first-order valence-corrected chi connectivity index (χ1v) is 6.10. The van der Waals surface area contributed by atoms with Crippen molar-refractivity contribution < 1.29 is 14.3 Å². The van der Waals surface area contributed by atoms with E-state index in [4.69, 9.17) is 9.52 Å². The largest absolute Gasteiger partial charge is 0.422 e. The Bertz CT molecular complexity index is 647. The Labute approximate surface area is 110 Å². The molecule has 0 saturated carbocycles. The summed E-state index contributed by atoms with van der Waals surface area (Å²) in [6, 6.07) is 8.55. The van der Waals surface area contributed by atoms with Crippen LogP contribution in [0.3, 0.4) is 0 Å². The maximum absolute atomic E-state index is 12.2. The third-order valence-electron chi connectivity index (χ3n) is 2.91. The molecule has 0 fully saturated rings. The van der Waals surface area contributed by atoms with Gasteiger partial charge in [0, 0.05) is 18.5 Å². The lowest BCUT2D eigenvalue weighted by atomic mass is 10.1. The minimum Gasteiger partial charge on any atom is -0.422 e. The molecule has 1 N–H and O–H groups in total. The highest BCUT2D eigenvalue weighted by molar-refractivity contribution is 5.96. The van der Waals surface area contributed by atoms with Gasteiger partial charge in [0.25, 0.3) is 5.91 Å². The number of nitrogens with zero attached hydrogens (tertiary/aromatic N) is 1. The van der Waals surface area contributed by atoms with Crippen LogP contribution in [-0.2, 0) is 0 Å². The van der Waals surface area contributed by atoms with Gasteiger partial charge in [0.1, 0.15) is 11.1 Å². The zero-order chi connectivity index (χ0) is 13.8. The van der Waals surface area contributed by atoms with Crippen molar-refractivity contribution in [3.8, 4) is 0 Å². The second kappa shape index (κ2) is 5.67. The maximum atomic E-state index is 12.2. The summed E-state index contributed by atoms with van der Waals surface area (Å²) in [7, 11) is 0. The smallest absolute Gasteiger partial charge is 0.349 e. The monoisotopic (exact) mass is 261 g/mol. The van der Waals surface area contributed by atoms with E-state index in [1.807, 2.05) is 6.07 Å². The molecule has 2 rings (SSSR count). The molecular formula is C14H15NO4. The number of likely N-dealkylation sites (N-methyl/N-ethyl adjacent to an activating group) is 1. The van der Waals surface area contributed by atoms with Crippen molar-refractivity contribution in [3.05, 3.63) is 46.3 Å². The number of carbonyl (C=O) groups is 1. The number of benzene rings is 1. The lowest BCUT2D eigenvalue weighted by Gasteiger charge is -2.18. The summed E-state index contributed by atoms with van der Waals surface area (Å²) in [6.07, 6.45) is 0. The molecule has 0 aliphatic carbocycles. The number of para-hydroxylation sites is 1. The average Bonchev–Trinajstić information content (AvgIpc) is 2.43. The van der Waals surface area contributed by atoms with Gasteiger partial charge in [-0.25, -0.2) is 4.79 Å². The number of hydrogen-bond acceptors (Lipinski definition) is 4. The number of aliphatic hydroxyl groups is 1. The Hall–Kier alpha value is -2.14. The van der Waals surface area contributed by atoms with Gasteiger partial charge in [-0.1, -0.05) is 18.2 Å². The van der Waals surface area contributed by atoms with Crippen molar-refractivity contribution in [1.82, 2.24) is 4.90 Å². The van der Waals surface area contributed by atoms with Gasteiger partial charge in [0.15, 0.2) is 0 Å². The van der Waals surface area contributed by atoms with E-state index in [0.29, 0.717) is 17.5 Å². The quantitative estimate of drug-likeness (QED) is 0.841. The van der Waals surface area contributed by atoms with Crippen LogP contribution in [0.4, 0.5) is 0 Å². The standard InChI is InChI=1S/C14H15NO4/c1-2-15(7-8-16)13(17)11-9-10-5-3-4-6-12(10)19-14(11)18/h3-6,9,16H,2,7-8H2,1H3. The number of aliphatic hydroxyl groups excluding tert-OH is 1. The normalized spacial score (nSPS) is 10.6. The van der Waals surface area contributed by atoms with E-state index in [0.717, 1.165) is 0 Å². The highest BCUT2D eigenvalue weighted by Gasteiger charge is 2.18. The summed E-state index contributed by atoms with van der Waals surface area (Å²) < 4.78 is 5.12. The summed E-state index contributed by atoms with van der Waals surface area (Å²) in [5.74, 6) is -0.420. The second-order valence-electron chi connectivity index (χ2n) is 4.09. The highest BCUT2D eigenvalue weighted by atomic mass is 16.4. The number of carbonyl (C=O) groups excluding carboxylic acids is 1. The van der Waals surface area contributed by atoms with E-state index in [-0.39, 0.29) is 18.7 Å². The molecule has 1 heterocycles. The molecule has 5 nitrogen and oxygen atoms in total. The van der Waals surface area contributed by atoms with E-state index in [1.54, 1.807) is 25.1 Å². The van der Waals surface area contributed by atoms with Crippen LogP contribution in [-0.4, -0.2) is 35.6 Å². The molecule has 0 unspecified atom stereocenters. The average molecular weight is 261 g/mol. The number of fused-ring (bicyclic) bond motifs is 1. The second-order valence-corrected chi connectivity index (χ2v) is 4.09. The fourth-order valence-corrected chi connectivity index (χ4v) is 1.91. The van der Waals surface area contributed by atoms with Crippen LogP contribution >= 0.6 is 0 Å². The molecule has 0 spiro atoms. The van der Waals surface area contributed by atoms with Crippen molar-refractivity contribution in [2.45, 2.75) is 6.92 Å². The Morgan fingerprint density at radius 2 is 2.11 bits per heavy atom.